The number of Topliss-reactive ketones (excluding diaryl/α,β-unsaturated/α-hetero) is 1. The molecular weight excluding hydrogens is 394 g/mol. The lowest BCUT2D eigenvalue weighted by atomic mass is 9.99. The molecule has 6 nitrogen and oxygen atoms in total. The highest BCUT2D eigenvalue weighted by atomic mass is 16.5. The van der Waals surface area contributed by atoms with E-state index >= 15 is 0 Å². The molecular formula is C25H25NO5. The Balaban J connectivity index is 1.72. The van der Waals surface area contributed by atoms with Crippen LogP contribution in [0.1, 0.15) is 55.9 Å². The lowest BCUT2D eigenvalue weighted by Gasteiger charge is -2.13. The van der Waals surface area contributed by atoms with Gasteiger partial charge < -0.3 is 9.47 Å². The molecule has 0 bridgehead atoms. The van der Waals surface area contributed by atoms with Crippen molar-refractivity contribution < 1.29 is 23.9 Å². The van der Waals surface area contributed by atoms with E-state index in [0.717, 1.165) is 16.5 Å². The molecule has 0 spiro atoms. The quantitative estimate of drug-likeness (QED) is 0.409. The summed E-state index contributed by atoms with van der Waals surface area (Å²) < 4.78 is 10.2. The van der Waals surface area contributed by atoms with Crippen LogP contribution < -0.4 is 0 Å². The summed E-state index contributed by atoms with van der Waals surface area (Å²) in [5.74, 6) is -1.16. The Kier molecular flexibility index (Phi) is 6.80. The molecule has 0 unspecified atom stereocenters. The van der Waals surface area contributed by atoms with Gasteiger partial charge in [-0.1, -0.05) is 35.9 Å². The molecule has 0 atom stereocenters. The molecule has 1 heterocycles. The second-order valence-corrected chi connectivity index (χ2v) is 7.47. The molecule has 0 aliphatic carbocycles. The van der Waals surface area contributed by atoms with Crippen molar-refractivity contribution in [2.45, 2.75) is 40.2 Å². The zero-order chi connectivity index (χ0) is 22.5. The smallest absolute Gasteiger partial charge is 0.340 e. The second kappa shape index (κ2) is 9.51. The average molecular weight is 419 g/mol. The Morgan fingerprint density at radius 3 is 2.45 bits per heavy atom. The number of rotatable bonds is 7. The predicted molar refractivity (Wildman–Crippen MR) is 117 cm³/mol. The number of hydrogen-bond donors (Lipinski definition) is 0. The third-order valence-corrected chi connectivity index (χ3v) is 5.24. The molecule has 0 saturated carbocycles. The Morgan fingerprint density at radius 2 is 1.71 bits per heavy atom. The van der Waals surface area contributed by atoms with Crippen LogP contribution in [0.5, 0.6) is 0 Å². The van der Waals surface area contributed by atoms with Crippen molar-refractivity contribution in [3.8, 4) is 0 Å². The van der Waals surface area contributed by atoms with Crippen LogP contribution in [0.15, 0.2) is 42.5 Å². The number of benzene rings is 2. The number of ketones is 1. The Labute approximate surface area is 181 Å². The summed E-state index contributed by atoms with van der Waals surface area (Å²) in [6.07, 6.45) is 0.00347. The molecule has 0 aliphatic heterocycles. The molecule has 0 saturated heterocycles. The topological polar surface area (TPSA) is 82.6 Å². The second-order valence-electron chi connectivity index (χ2n) is 7.47. The molecule has 0 aliphatic rings. The van der Waals surface area contributed by atoms with Crippen LogP contribution in [0, 0.1) is 20.8 Å². The first-order valence-electron chi connectivity index (χ1n) is 10.0. The number of carbonyl (C=O) groups is 3. The van der Waals surface area contributed by atoms with Gasteiger partial charge in [-0.25, -0.2) is 9.78 Å². The van der Waals surface area contributed by atoms with Gasteiger partial charge >= 0.3 is 11.9 Å². The normalized spacial score (nSPS) is 10.7. The fourth-order valence-electron chi connectivity index (χ4n) is 3.53. The minimum Gasteiger partial charge on any atom is -0.465 e. The summed E-state index contributed by atoms with van der Waals surface area (Å²) >= 11 is 0. The number of hydrogen-bond acceptors (Lipinski definition) is 6. The molecule has 6 heteroatoms. The molecule has 160 valence electrons. The van der Waals surface area contributed by atoms with Crippen LogP contribution in [0.25, 0.3) is 10.9 Å². The fourth-order valence-corrected chi connectivity index (χ4v) is 3.53. The Hall–Kier alpha value is -3.54. The molecule has 0 radical (unpaired) electrons. The third-order valence-electron chi connectivity index (χ3n) is 5.24. The van der Waals surface area contributed by atoms with Crippen molar-refractivity contribution in [3.05, 3.63) is 76.0 Å². The van der Waals surface area contributed by atoms with Crippen molar-refractivity contribution in [1.82, 2.24) is 4.98 Å². The largest absolute Gasteiger partial charge is 0.465 e. The van der Waals surface area contributed by atoms with Crippen molar-refractivity contribution >= 4 is 28.6 Å². The first kappa shape index (κ1) is 22.2. The average Bonchev–Trinajstić information content (AvgIpc) is 2.77. The fraction of sp³-hybridized carbons (Fsp3) is 0.280. The summed E-state index contributed by atoms with van der Waals surface area (Å²) in [7, 11) is 1.30. The zero-order valence-electron chi connectivity index (χ0n) is 18.2. The highest BCUT2D eigenvalue weighted by Crippen LogP contribution is 2.24. The monoisotopic (exact) mass is 419 g/mol. The number of methoxy groups -OCH3 is 1. The molecule has 1 aromatic heterocycles. The van der Waals surface area contributed by atoms with Gasteiger partial charge in [-0.05, 0) is 44.0 Å². The lowest BCUT2D eigenvalue weighted by Crippen LogP contribution is -2.14. The van der Waals surface area contributed by atoms with Crippen LogP contribution in [0.2, 0.25) is 0 Å². The van der Waals surface area contributed by atoms with Gasteiger partial charge in [-0.3, -0.25) is 9.59 Å². The molecule has 0 fully saturated rings. The van der Waals surface area contributed by atoms with E-state index < -0.39 is 11.9 Å². The highest BCUT2D eigenvalue weighted by Gasteiger charge is 2.21. The van der Waals surface area contributed by atoms with Crippen LogP contribution in [-0.2, 0) is 20.9 Å². The first-order chi connectivity index (χ1) is 14.8. The van der Waals surface area contributed by atoms with E-state index in [4.69, 9.17) is 9.47 Å². The van der Waals surface area contributed by atoms with Crippen LogP contribution in [0.3, 0.4) is 0 Å². The number of aryl methyl sites for hydroxylation is 3. The highest BCUT2D eigenvalue weighted by molar-refractivity contribution is 5.99. The van der Waals surface area contributed by atoms with E-state index in [0.29, 0.717) is 27.9 Å². The summed E-state index contributed by atoms with van der Waals surface area (Å²) in [5.41, 5.74) is 4.52. The van der Waals surface area contributed by atoms with Crippen LogP contribution >= 0.6 is 0 Å². The SMILES string of the molecule is COC(=O)c1c(COC(=O)CCC(=O)c2cc(C)ccc2C)nc2ccccc2c1C. The molecule has 3 aromatic rings. The van der Waals surface area contributed by atoms with E-state index in [9.17, 15) is 14.4 Å². The minimum absolute atomic E-state index is 0.0493. The summed E-state index contributed by atoms with van der Waals surface area (Å²) in [6.45, 7) is 5.42. The molecule has 0 N–H and O–H groups in total. The number of ether oxygens (including phenoxy) is 2. The van der Waals surface area contributed by atoms with Crippen LogP contribution in [0.4, 0.5) is 0 Å². The minimum atomic E-state index is -0.535. The van der Waals surface area contributed by atoms with Gasteiger partial charge in [0.1, 0.15) is 6.61 Å². The molecule has 2 aromatic carbocycles. The van der Waals surface area contributed by atoms with Crippen molar-refractivity contribution in [1.29, 1.82) is 0 Å². The van der Waals surface area contributed by atoms with Crippen molar-refractivity contribution in [2.75, 3.05) is 7.11 Å². The number of carbonyl (C=O) groups excluding carboxylic acids is 3. The van der Waals surface area contributed by atoms with Crippen molar-refractivity contribution in [3.63, 3.8) is 0 Å². The maximum absolute atomic E-state index is 12.5. The number of para-hydroxylation sites is 1. The Morgan fingerprint density at radius 1 is 0.968 bits per heavy atom. The number of pyridine rings is 1. The molecule has 3 rings (SSSR count). The Bertz CT molecular complexity index is 1170. The standard InChI is InChI=1S/C25H25NO5/c1-15-9-10-16(2)19(13-15)22(27)11-12-23(28)31-14-21-24(25(29)30-4)17(3)18-7-5-6-8-20(18)26-21/h5-10,13H,11-12,14H2,1-4H3. The van der Waals surface area contributed by atoms with E-state index in [1.165, 1.54) is 7.11 Å². The first-order valence-corrected chi connectivity index (χ1v) is 10.0. The van der Waals surface area contributed by atoms with E-state index in [1.54, 1.807) is 0 Å². The zero-order valence-corrected chi connectivity index (χ0v) is 18.2. The lowest BCUT2D eigenvalue weighted by molar-refractivity contribution is -0.145. The van der Waals surface area contributed by atoms with Crippen molar-refractivity contribution in [2.24, 2.45) is 0 Å². The van der Waals surface area contributed by atoms with Gasteiger partial charge in [0.25, 0.3) is 0 Å². The predicted octanol–water partition coefficient (Wildman–Crippen LogP) is 4.65. The maximum Gasteiger partial charge on any atom is 0.340 e. The number of fused-ring (bicyclic) bond motifs is 1. The molecule has 0 amide bonds. The van der Waals surface area contributed by atoms with Gasteiger partial charge in [0.2, 0.25) is 0 Å². The number of aromatic nitrogens is 1. The van der Waals surface area contributed by atoms with Gasteiger partial charge in [0.15, 0.2) is 5.78 Å². The van der Waals surface area contributed by atoms with Gasteiger partial charge in [-0.2, -0.15) is 0 Å². The van der Waals surface area contributed by atoms with Gasteiger partial charge in [0, 0.05) is 17.4 Å². The van der Waals surface area contributed by atoms with Crippen LogP contribution in [-0.4, -0.2) is 29.8 Å². The van der Waals surface area contributed by atoms with E-state index in [-0.39, 0.29) is 25.2 Å². The number of esters is 2. The third kappa shape index (κ3) is 4.97. The van der Waals surface area contributed by atoms with E-state index in [2.05, 4.69) is 4.98 Å². The van der Waals surface area contributed by atoms with Gasteiger partial charge in [-0.15, -0.1) is 0 Å². The summed E-state index contributed by atoms with van der Waals surface area (Å²) in [5, 5.41) is 0.831. The summed E-state index contributed by atoms with van der Waals surface area (Å²) in [4.78, 5) is 41.6. The number of nitrogens with zero attached hydrogens (tertiary/aromatic N) is 1. The van der Waals surface area contributed by atoms with E-state index in [1.807, 2.05) is 63.2 Å². The summed E-state index contributed by atoms with van der Waals surface area (Å²) in [6, 6.07) is 13.1. The molecule has 31 heavy (non-hydrogen) atoms. The van der Waals surface area contributed by atoms with Gasteiger partial charge in [0.05, 0.1) is 30.3 Å². The maximum atomic E-state index is 12.5.